The van der Waals surface area contributed by atoms with Crippen LogP contribution < -0.4 is 0 Å². The second-order valence-electron chi connectivity index (χ2n) is 5.94. The van der Waals surface area contributed by atoms with E-state index in [1.807, 2.05) is 54.6 Å². The van der Waals surface area contributed by atoms with Gasteiger partial charge in [-0.3, -0.25) is 4.79 Å². The third-order valence-corrected chi connectivity index (χ3v) is 4.36. The molecule has 26 heavy (non-hydrogen) atoms. The van der Waals surface area contributed by atoms with E-state index in [1.165, 1.54) is 0 Å². The van der Waals surface area contributed by atoms with Gasteiger partial charge in [0.25, 0.3) is 0 Å². The van der Waals surface area contributed by atoms with Crippen molar-refractivity contribution in [2.75, 3.05) is 0 Å². The maximum Gasteiger partial charge on any atom is 0.435 e. The Morgan fingerprint density at radius 2 is 1.31 bits per heavy atom. The number of aliphatic imine (C=N–C) groups is 1. The summed E-state index contributed by atoms with van der Waals surface area (Å²) in [5.41, 5.74) is 0.410. The van der Waals surface area contributed by atoms with Crippen molar-refractivity contribution in [3.8, 4) is 0 Å². The molecule has 3 aromatic rings. The summed E-state index contributed by atoms with van der Waals surface area (Å²) < 4.78 is 5.63. The molecular weight excluding hydrogens is 326 g/mol. The van der Waals surface area contributed by atoms with Gasteiger partial charge in [-0.25, -0.2) is 4.79 Å². The molecule has 0 aliphatic carbocycles. The van der Waals surface area contributed by atoms with Gasteiger partial charge in [-0.15, -0.1) is 0 Å². The number of rotatable bonds is 4. The van der Waals surface area contributed by atoms with Crippen molar-refractivity contribution in [1.82, 2.24) is 0 Å². The number of ketones is 1. The first-order valence-electron chi connectivity index (χ1n) is 8.25. The van der Waals surface area contributed by atoms with Crippen LogP contribution in [0.25, 0.3) is 0 Å². The second-order valence-corrected chi connectivity index (χ2v) is 5.94. The molecule has 3 aromatic carbocycles. The smallest absolute Gasteiger partial charge is 0.421 e. The number of carbonyl (C=O) groups is 2. The number of amides is 1. The number of hydrogen-bond donors (Lipinski definition) is 0. The highest BCUT2D eigenvalue weighted by atomic mass is 16.6. The van der Waals surface area contributed by atoms with E-state index < -0.39 is 11.7 Å². The number of cyclic esters (lactones) is 1. The largest absolute Gasteiger partial charge is 0.435 e. The Labute approximate surface area is 150 Å². The van der Waals surface area contributed by atoms with Crippen LogP contribution in [-0.2, 0) is 10.3 Å². The number of hydrogen-bond acceptors (Lipinski definition) is 3. The van der Waals surface area contributed by atoms with E-state index in [0.29, 0.717) is 22.4 Å². The number of ether oxygens (including phenoxy) is 1. The third kappa shape index (κ3) is 2.52. The van der Waals surface area contributed by atoms with E-state index in [4.69, 9.17) is 4.74 Å². The maximum absolute atomic E-state index is 13.5. The van der Waals surface area contributed by atoms with E-state index in [0.717, 1.165) is 0 Å². The molecule has 4 rings (SSSR count). The summed E-state index contributed by atoms with van der Waals surface area (Å²) in [6.45, 7) is 0. The minimum absolute atomic E-state index is 0.308. The predicted octanol–water partition coefficient (Wildman–Crippen LogP) is 4.40. The quantitative estimate of drug-likeness (QED) is 0.661. The number of nitrogens with zero attached hydrogens (tertiary/aromatic N) is 1. The first kappa shape index (κ1) is 16.0. The van der Waals surface area contributed by atoms with Crippen molar-refractivity contribution >= 4 is 17.6 Å². The first-order valence-corrected chi connectivity index (χ1v) is 8.25. The zero-order valence-electron chi connectivity index (χ0n) is 13.8. The van der Waals surface area contributed by atoms with Crippen molar-refractivity contribution in [3.63, 3.8) is 0 Å². The Bertz CT molecular complexity index is 982. The van der Waals surface area contributed by atoms with Crippen molar-refractivity contribution in [2.45, 2.75) is 5.60 Å². The molecule has 1 unspecified atom stereocenters. The maximum atomic E-state index is 13.5. The van der Waals surface area contributed by atoms with E-state index in [1.54, 1.807) is 36.4 Å². The SMILES string of the molecule is O=C1N=C(c2ccccc2)C(C(=O)c2ccccc2)(c2ccccc2)O1. The first-order chi connectivity index (χ1) is 12.7. The topological polar surface area (TPSA) is 55.7 Å². The lowest BCUT2D eigenvalue weighted by Gasteiger charge is -2.28. The van der Waals surface area contributed by atoms with Gasteiger partial charge in [0, 0.05) is 16.7 Å². The van der Waals surface area contributed by atoms with Crippen LogP contribution in [0.3, 0.4) is 0 Å². The molecular formula is C22H15NO3. The summed E-state index contributed by atoms with van der Waals surface area (Å²) >= 11 is 0. The van der Waals surface area contributed by atoms with Crippen LogP contribution in [0.2, 0.25) is 0 Å². The average molecular weight is 341 g/mol. The molecule has 4 nitrogen and oxygen atoms in total. The summed E-state index contributed by atoms with van der Waals surface area (Å²) in [5.74, 6) is -0.322. The van der Waals surface area contributed by atoms with Crippen molar-refractivity contribution < 1.29 is 14.3 Å². The second kappa shape index (κ2) is 6.41. The summed E-state index contributed by atoms with van der Waals surface area (Å²) in [4.78, 5) is 29.8. The van der Waals surface area contributed by atoms with E-state index in [2.05, 4.69) is 4.99 Å². The fourth-order valence-corrected chi connectivity index (χ4v) is 3.18. The Balaban J connectivity index is 1.96. The molecule has 126 valence electrons. The van der Waals surface area contributed by atoms with Gasteiger partial charge in [-0.1, -0.05) is 91.0 Å². The number of Topliss-reactive ketones (excluding diaryl/α,β-unsaturated/α-hetero) is 1. The third-order valence-electron chi connectivity index (χ3n) is 4.36. The van der Waals surface area contributed by atoms with Crippen LogP contribution in [0, 0.1) is 0 Å². The molecule has 1 aliphatic heterocycles. The highest BCUT2D eigenvalue weighted by Gasteiger charge is 2.53. The normalized spacial score (nSPS) is 18.9. The lowest BCUT2D eigenvalue weighted by Crippen LogP contribution is -2.44. The lowest BCUT2D eigenvalue weighted by atomic mass is 9.79. The highest BCUT2D eigenvalue weighted by molar-refractivity contribution is 6.29. The number of benzene rings is 3. The fourth-order valence-electron chi connectivity index (χ4n) is 3.18. The standard InChI is InChI=1S/C22H15NO3/c24-20(17-12-6-2-7-13-17)22(18-14-8-3-9-15-18)19(23-21(25)26-22)16-10-4-1-5-11-16/h1-15H. The Hall–Kier alpha value is -3.53. The Morgan fingerprint density at radius 1 is 0.769 bits per heavy atom. The molecule has 0 aromatic heterocycles. The molecule has 0 fully saturated rings. The molecule has 0 radical (unpaired) electrons. The molecule has 4 heteroatoms. The molecule has 1 atom stereocenters. The summed E-state index contributed by atoms with van der Waals surface area (Å²) in [7, 11) is 0. The van der Waals surface area contributed by atoms with Gasteiger partial charge in [-0.05, 0) is 0 Å². The van der Waals surface area contributed by atoms with Crippen LogP contribution >= 0.6 is 0 Å². The molecule has 1 amide bonds. The van der Waals surface area contributed by atoms with E-state index in [9.17, 15) is 9.59 Å². The zero-order valence-corrected chi connectivity index (χ0v) is 13.8. The van der Waals surface area contributed by atoms with Crippen LogP contribution in [0.5, 0.6) is 0 Å². The molecule has 0 spiro atoms. The summed E-state index contributed by atoms with van der Waals surface area (Å²) in [6.07, 6.45) is -0.767. The molecule has 0 saturated carbocycles. The number of carbonyl (C=O) groups excluding carboxylic acids is 2. The average Bonchev–Trinajstić information content (AvgIpc) is 3.08. The molecule has 0 saturated heterocycles. The van der Waals surface area contributed by atoms with Crippen molar-refractivity contribution in [1.29, 1.82) is 0 Å². The molecule has 0 bridgehead atoms. The summed E-state index contributed by atoms with van der Waals surface area (Å²) in [6, 6.07) is 27.0. The van der Waals surface area contributed by atoms with Crippen LogP contribution in [-0.4, -0.2) is 17.6 Å². The van der Waals surface area contributed by atoms with Gasteiger partial charge < -0.3 is 4.74 Å². The van der Waals surface area contributed by atoms with Gasteiger partial charge >= 0.3 is 6.09 Å². The summed E-state index contributed by atoms with van der Waals surface area (Å²) in [5, 5.41) is 0. The van der Waals surface area contributed by atoms with Gasteiger partial charge in [0.05, 0.1) is 0 Å². The van der Waals surface area contributed by atoms with E-state index in [-0.39, 0.29) is 5.78 Å². The Morgan fingerprint density at radius 3 is 1.92 bits per heavy atom. The van der Waals surface area contributed by atoms with Crippen LogP contribution in [0.15, 0.2) is 96.0 Å². The van der Waals surface area contributed by atoms with Crippen LogP contribution in [0.4, 0.5) is 4.79 Å². The van der Waals surface area contributed by atoms with Gasteiger partial charge in [-0.2, -0.15) is 4.99 Å². The molecule has 1 heterocycles. The monoisotopic (exact) mass is 341 g/mol. The highest BCUT2D eigenvalue weighted by Crippen LogP contribution is 2.38. The van der Waals surface area contributed by atoms with E-state index >= 15 is 0 Å². The zero-order chi connectivity index (χ0) is 18.0. The van der Waals surface area contributed by atoms with Gasteiger partial charge in [0.2, 0.25) is 11.4 Å². The van der Waals surface area contributed by atoms with Crippen molar-refractivity contribution in [3.05, 3.63) is 108 Å². The molecule has 0 N–H and O–H groups in total. The lowest BCUT2D eigenvalue weighted by molar-refractivity contribution is 0.0527. The van der Waals surface area contributed by atoms with Crippen LogP contribution in [0.1, 0.15) is 21.5 Å². The van der Waals surface area contributed by atoms with Gasteiger partial charge in [0.15, 0.2) is 0 Å². The fraction of sp³-hybridized carbons (Fsp3) is 0.0455. The van der Waals surface area contributed by atoms with Gasteiger partial charge in [0.1, 0.15) is 5.71 Å². The molecule has 1 aliphatic rings. The minimum Gasteiger partial charge on any atom is -0.421 e. The predicted molar refractivity (Wildman–Crippen MR) is 98.4 cm³/mol. The van der Waals surface area contributed by atoms with Crippen molar-refractivity contribution in [2.24, 2.45) is 4.99 Å². The minimum atomic E-state index is -1.60. The Kier molecular flexibility index (Phi) is 3.93.